The lowest BCUT2D eigenvalue weighted by molar-refractivity contribution is -0.139. The van der Waals surface area contributed by atoms with Crippen molar-refractivity contribution in [3.63, 3.8) is 0 Å². The van der Waals surface area contributed by atoms with Gasteiger partial charge in [-0.1, -0.05) is 69.3 Å². The number of anilines is 1. The normalized spacial score (nSPS) is 12.1. The Morgan fingerprint density at radius 3 is 2.21 bits per heavy atom. The highest BCUT2D eigenvalue weighted by Crippen LogP contribution is 2.24. The largest absolute Gasteiger partial charge is 0.354 e. The number of nitrogens with one attached hydrogen (secondary N) is 1. The molecule has 0 aliphatic heterocycles. The molecule has 1 atom stereocenters. The summed E-state index contributed by atoms with van der Waals surface area (Å²) in [6, 6.07) is 16.2. The molecule has 0 heterocycles. The third-order valence-corrected chi connectivity index (χ3v) is 6.87. The van der Waals surface area contributed by atoms with Gasteiger partial charge in [0.15, 0.2) is 0 Å². The van der Waals surface area contributed by atoms with E-state index in [1.807, 2.05) is 63.2 Å². The summed E-state index contributed by atoms with van der Waals surface area (Å²) in [5.41, 5.74) is 2.37. The standard InChI is InChI=1S/C26H37N3O4S/c1-5-18-27-26(31)23(7-3)28(19-17-21-13-9-8-10-14-21)25(30)20-29(34(4,32)33)24-16-12-11-15-22(24)6-2/h8-16,23H,5-7,17-20H2,1-4H3,(H,27,31)/t23-/m0/s1. The number of benzene rings is 2. The molecule has 1 N–H and O–H groups in total. The summed E-state index contributed by atoms with van der Waals surface area (Å²) >= 11 is 0. The molecule has 2 amide bonds. The summed E-state index contributed by atoms with van der Waals surface area (Å²) in [6.45, 7) is 6.25. The molecule has 2 aromatic rings. The van der Waals surface area contributed by atoms with Crippen LogP contribution in [-0.4, -0.2) is 57.1 Å². The van der Waals surface area contributed by atoms with Crippen LogP contribution < -0.4 is 9.62 Å². The minimum atomic E-state index is -3.73. The summed E-state index contributed by atoms with van der Waals surface area (Å²) in [6.07, 6.45) is 3.52. The topological polar surface area (TPSA) is 86.8 Å². The Balaban J connectivity index is 2.37. The van der Waals surface area contributed by atoms with Crippen LogP contribution in [-0.2, 0) is 32.5 Å². The number of amides is 2. The Morgan fingerprint density at radius 2 is 1.62 bits per heavy atom. The number of carbonyl (C=O) groups is 2. The monoisotopic (exact) mass is 487 g/mol. The van der Waals surface area contributed by atoms with Gasteiger partial charge in [0.1, 0.15) is 12.6 Å². The highest BCUT2D eigenvalue weighted by atomic mass is 32.2. The molecule has 0 unspecified atom stereocenters. The quantitative estimate of drug-likeness (QED) is 0.469. The lowest BCUT2D eigenvalue weighted by Gasteiger charge is -2.33. The van der Waals surface area contributed by atoms with Crippen molar-refractivity contribution in [2.45, 2.75) is 52.5 Å². The molecule has 2 aromatic carbocycles. The van der Waals surface area contributed by atoms with Crippen LogP contribution in [0.25, 0.3) is 0 Å². The van der Waals surface area contributed by atoms with Gasteiger partial charge < -0.3 is 10.2 Å². The van der Waals surface area contributed by atoms with E-state index in [0.717, 1.165) is 28.1 Å². The number of aryl methyl sites for hydroxylation is 1. The number of nitrogens with zero attached hydrogens (tertiary/aromatic N) is 2. The van der Waals surface area contributed by atoms with Crippen LogP contribution in [0.3, 0.4) is 0 Å². The molecule has 34 heavy (non-hydrogen) atoms. The first-order valence-electron chi connectivity index (χ1n) is 11.9. The first-order valence-corrected chi connectivity index (χ1v) is 13.7. The Bertz CT molecular complexity index is 1040. The molecule has 0 aromatic heterocycles. The fourth-order valence-corrected chi connectivity index (χ4v) is 4.79. The average molecular weight is 488 g/mol. The number of hydrogen-bond acceptors (Lipinski definition) is 4. The smallest absolute Gasteiger partial charge is 0.244 e. The van der Waals surface area contributed by atoms with E-state index >= 15 is 0 Å². The molecule has 0 saturated carbocycles. The predicted molar refractivity (Wildman–Crippen MR) is 137 cm³/mol. The molecule has 2 rings (SSSR count). The Labute approximate surface area is 204 Å². The highest BCUT2D eigenvalue weighted by Gasteiger charge is 2.31. The number of sulfonamides is 1. The molecule has 0 bridgehead atoms. The summed E-state index contributed by atoms with van der Waals surface area (Å²) in [4.78, 5) is 28.1. The highest BCUT2D eigenvalue weighted by molar-refractivity contribution is 7.92. The van der Waals surface area contributed by atoms with Gasteiger partial charge in [0.05, 0.1) is 11.9 Å². The van der Waals surface area contributed by atoms with Crippen molar-refractivity contribution in [2.24, 2.45) is 0 Å². The molecule has 0 fully saturated rings. The van der Waals surface area contributed by atoms with E-state index in [2.05, 4.69) is 5.32 Å². The van der Waals surface area contributed by atoms with E-state index in [0.29, 0.717) is 38.0 Å². The molecule has 0 aliphatic rings. The van der Waals surface area contributed by atoms with Crippen LogP contribution in [0, 0.1) is 0 Å². The van der Waals surface area contributed by atoms with Crippen LogP contribution in [0.4, 0.5) is 5.69 Å². The van der Waals surface area contributed by atoms with Crippen LogP contribution in [0.1, 0.15) is 44.7 Å². The zero-order chi connectivity index (χ0) is 25.1. The van der Waals surface area contributed by atoms with Crippen molar-refractivity contribution in [1.29, 1.82) is 0 Å². The van der Waals surface area contributed by atoms with Crippen LogP contribution in [0.5, 0.6) is 0 Å². The Hall–Kier alpha value is -2.87. The summed E-state index contributed by atoms with van der Waals surface area (Å²) in [5.74, 6) is -0.614. The zero-order valence-corrected chi connectivity index (χ0v) is 21.5. The molecule has 7 nitrogen and oxygen atoms in total. The maximum absolute atomic E-state index is 13.6. The fourth-order valence-electron chi connectivity index (χ4n) is 3.91. The number of rotatable bonds is 13. The first-order chi connectivity index (χ1) is 16.2. The number of para-hydroxylation sites is 1. The van der Waals surface area contributed by atoms with Gasteiger partial charge in [0.2, 0.25) is 21.8 Å². The maximum atomic E-state index is 13.6. The van der Waals surface area contributed by atoms with Crippen molar-refractivity contribution >= 4 is 27.5 Å². The van der Waals surface area contributed by atoms with Crippen molar-refractivity contribution in [3.8, 4) is 0 Å². The van der Waals surface area contributed by atoms with E-state index < -0.39 is 22.0 Å². The second-order valence-electron chi connectivity index (χ2n) is 8.29. The lowest BCUT2D eigenvalue weighted by atomic mass is 10.1. The Kier molecular flexibility index (Phi) is 10.6. The summed E-state index contributed by atoms with van der Waals surface area (Å²) in [7, 11) is -3.73. The van der Waals surface area contributed by atoms with Gasteiger partial charge in [-0.2, -0.15) is 0 Å². The molecule has 186 valence electrons. The number of carbonyl (C=O) groups excluding carboxylic acids is 2. The van der Waals surface area contributed by atoms with Crippen molar-refractivity contribution in [3.05, 3.63) is 65.7 Å². The van der Waals surface area contributed by atoms with E-state index in [4.69, 9.17) is 0 Å². The van der Waals surface area contributed by atoms with Crippen molar-refractivity contribution in [2.75, 3.05) is 30.2 Å². The van der Waals surface area contributed by atoms with Crippen LogP contribution >= 0.6 is 0 Å². The van der Waals surface area contributed by atoms with Crippen molar-refractivity contribution < 1.29 is 18.0 Å². The van der Waals surface area contributed by atoms with Crippen LogP contribution in [0.2, 0.25) is 0 Å². The third kappa shape index (κ3) is 7.58. The molecule has 0 saturated heterocycles. The number of hydrogen-bond donors (Lipinski definition) is 1. The van der Waals surface area contributed by atoms with E-state index in [1.165, 1.54) is 4.90 Å². The minimum Gasteiger partial charge on any atom is -0.354 e. The third-order valence-electron chi connectivity index (χ3n) is 5.74. The molecule has 8 heteroatoms. The zero-order valence-electron chi connectivity index (χ0n) is 20.7. The molecular weight excluding hydrogens is 450 g/mol. The van der Waals surface area contributed by atoms with E-state index in [1.54, 1.807) is 12.1 Å². The molecule has 0 spiro atoms. The van der Waals surface area contributed by atoms with Gasteiger partial charge >= 0.3 is 0 Å². The van der Waals surface area contributed by atoms with Gasteiger partial charge in [-0.05, 0) is 42.9 Å². The van der Waals surface area contributed by atoms with Gasteiger partial charge in [0.25, 0.3) is 0 Å². The van der Waals surface area contributed by atoms with Crippen molar-refractivity contribution in [1.82, 2.24) is 10.2 Å². The SMILES string of the molecule is CCCNC(=O)[C@H](CC)N(CCc1ccccc1)C(=O)CN(c1ccccc1CC)S(C)(=O)=O. The fraction of sp³-hybridized carbons (Fsp3) is 0.462. The summed E-state index contributed by atoms with van der Waals surface area (Å²) in [5, 5.41) is 2.89. The molecular formula is C26H37N3O4S. The second kappa shape index (κ2) is 13.1. The first kappa shape index (κ1) is 27.4. The van der Waals surface area contributed by atoms with Gasteiger partial charge in [-0.25, -0.2) is 8.42 Å². The van der Waals surface area contributed by atoms with Gasteiger partial charge in [-0.3, -0.25) is 13.9 Å². The predicted octanol–water partition coefficient (Wildman–Crippen LogP) is 3.39. The lowest BCUT2D eigenvalue weighted by Crippen LogP contribution is -2.53. The second-order valence-corrected chi connectivity index (χ2v) is 10.2. The Morgan fingerprint density at radius 1 is 0.971 bits per heavy atom. The average Bonchev–Trinajstić information content (AvgIpc) is 2.83. The molecule has 0 radical (unpaired) electrons. The van der Waals surface area contributed by atoms with Crippen LogP contribution in [0.15, 0.2) is 54.6 Å². The van der Waals surface area contributed by atoms with Gasteiger partial charge in [-0.15, -0.1) is 0 Å². The van der Waals surface area contributed by atoms with Gasteiger partial charge in [0, 0.05) is 13.1 Å². The maximum Gasteiger partial charge on any atom is 0.244 e. The molecule has 0 aliphatic carbocycles. The van der Waals surface area contributed by atoms with E-state index in [9.17, 15) is 18.0 Å². The summed E-state index contributed by atoms with van der Waals surface area (Å²) < 4.78 is 26.6. The minimum absolute atomic E-state index is 0.217. The van der Waals surface area contributed by atoms with E-state index in [-0.39, 0.29) is 12.5 Å².